The second-order valence-corrected chi connectivity index (χ2v) is 6.94. The zero-order valence-electron chi connectivity index (χ0n) is 15.6. The quantitative estimate of drug-likeness (QED) is 0.680. The SMILES string of the molecule is CCc1nc2c(nc1NC(=O)Cc1ccc(F)cc1)CCc1cc(N)ccc1-2. The molecule has 1 amide bonds. The molecule has 6 heteroatoms. The van der Waals surface area contributed by atoms with E-state index < -0.39 is 0 Å². The highest BCUT2D eigenvalue weighted by molar-refractivity contribution is 5.92. The van der Waals surface area contributed by atoms with Gasteiger partial charge in [0, 0.05) is 11.3 Å². The Bertz CT molecular complexity index is 1050. The molecular weight excluding hydrogens is 355 g/mol. The number of nitrogen functional groups attached to an aromatic ring is 1. The molecule has 0 bridgehead atoms. The number of amides is 1. The van der Waals surface area contributed by atoms with E-state index in [1.165, 1.54) is 17.7 Å². The zero-order chi connectivity index (χ0) is 19.7. The topological polar surface area (TPSA) is 80.9 Å². The van der Waals surface area contributed by atoms with E-state index in [4.69, 9.17) is 15.7 Å². The van der Waals surface area contributed by atoms with Crippen LogP contribution in [0.25, 0.3) is 11.3 Å². The van der Waals surface area contributed by atoms with Crippen LogP contribution >= 0.6 is 0 Å². The lowest BCUT2D eigenvalue weighted by molar-refractivity contribution is -0.115. The fraction of sp³-hybridized carbons (Fsp3) is 0.227. The van der Waals surface area contributed by atoms with E-state index in [2.05, 4.69) is 5.32 Å². The van der Waals surface area contributed by atoms with Crippen LogP contribution in [0.3, 0.4) is 0 Å². The Labute approximate surface area is 162 Å². The summed E-state index contributed by atoms with van der Waals surface area (Å²) in [7, 11) is 0. The third kappa shape index (κ3) is 3.58. The van der Waals surface area contributed by atoms with Crippen molar-refractivity contribution in [2.24, 2.45) is 0 Å². The largest absolute Gasteiger partial charge is 0.399 e. The molecule has 28 heavy (non-hydrogen) atoms. The number of fused-ring (bicyclic) bond motifs is 3. The predicted octanol–water partition coefficient (Wildman–Crippen LogP) is 3.71. The van der Waals surface area contributed by atoms with Crippen LogP contribution in [0.1, 0.15) is 29.4 Å². The maximum absolute atomic E-state index is 13.0. The van der Waals surface area contributed by atoms with Crippen LogP contribution < -0.4 is 11.1 Å². The predicted molar refractivity (Wildman–Crippen MR) is 107 cm³/mol. The fourth-order valence-electron chi connectivity index (χ4n) is 3.51. The number of anilines is 2. The number of nitrogens with two attached hydrogens (primary N) is 1. The number of aromatic nitrogens is 2. The average Bonchev–Trinajstić information content (AvgIpc) is 2.68. The standard InChI is InChI=1S/C22H21FN4O/c1-2-18-22(27-20(28)11-13-3-6-15(23)7-4-13)26-19-10-5-14-12-16(24)8-9-17(14)21(19)25-18/h3-4,6-9,12H,2,5,10-11,24H2,1H3,(H,26,27,28). The molecule has 3 aromatic rings. The van der Waals surface area contributed by atoms with Crippen molar-refractivity contribution in [2.45, 2.75) is 32.6 Å². The summed E-state index contributed by atoms with van der Waals surface area (Å²) in [4.78, 5) is 22.0. The molecule has 1 aliphatic carbocycles. The summed E-state index contributed by atoms with van der Waals surface area (Å²) in [5.74, 6) is -0.00758. The molecule has 1 heterocycles. The van der Waals surface area contributed by atoms with Gasteiger partial charge in [0.05, 0.1) is 23.5 Å². The molecular formula is C22H21FN4O. The molecule has 3 N–H and O–H groups in total. The number of carbonyl (C=O) groups is 1. The van der Waals surface area contributed by atoms with Crippen molar-refractivity contribution in [3.63, 3.8) is 0 Å². The van der Waals surface area contributed by atoms with Crippen molar-refractivity contribution in [3.8, 4) is 11.3 Å². The maximum Gasteiger partial charge on any atom is 0.229 e. The number of rotatable bonds is 4. The summed E-state index contributed by atoms with van der Waals surface area (Å²) >= 11 is 0. The van der Waals surface area contributed by atoms with E-state index in [9.17, 15) is 9.18 Å². The highest BCUT2D eigenvalue weighted by Crippen LogP contribution is 2.33. The lowest BCUT2D eigenvalue weighted by Crippen LogP contribution is -2.19. The van der Waals surface area contributed by atoms with Crippen molar-refractivity contribution >= 4 is 17.4 Å². The Morgan fingerprint density at radius 2 is 1.93 bits per heavy atom. The minimum Gasteiger partial charge on any atom is -0.399 e. The molecule has 5 nitrogen and oxygen atoms in total. The van der Waals surface area contributed by atoms with E-state index in [0.717, 1.165) is 46.7 Å². The molecule has 0 fully saturated rings. The number of nitrogens with zero attached hydrogens (tertiary/aromatic N) is 2. The molecule has 0 spiro atoms. The van der Waals surface area contributed by atoms with E-state index in [1.54, 1.807) is 12.1 Å². The van der Waals surface area contributed by atoms with Crippen LogP contribution in [-0.4, -0.2) is 15.9 Å². The highest BCUT2D eigenvalue weighted by atomic mass is 19.1. The summed E-state index contributed by atoms with van der Waals surface area (Å²) in [5.41, 5.74) is 12.1. The molecule has 0 atom stereocenters. The summed E-state index contributed by atoms with van der Waals surface area (Å²) in [6.07, 6.45) is 2.40. The summed E-state index contributed by atoms with van der Waals surface area (Å²) < 4.78 is 13.0. The second-order valence-electron chi connectivity index (χ2n) is 6.94. The lowest BCUT2D eigenvalue weighted by Gasteiger charge is -2.21. The van der Waals surface area contributed by atoms with Gasteiger partial charge in [-0.3, -0.25) is 4.79 Å². The molecule has 0 saturated carbocycles. The van der Waals surface area contributed by atoms with E-state index in [1.807, 2.05) is 25.1 Å². The molecule has 0 unspecified atom stereocenters. The molecule has 142 valence electrons. The van der Waals surface area contributed by atoms with Crippen LogP contribution in [0.4, 0.5) is 15.9 Å². The monoisotopic (exact) mass is 376 g/mol. The Balaban J connectivity index is 1.61. The minimum atomic E-state index is -0.319. The molecule has 4 rings (SSSR count). The van der Waals surface area contributed by atoms with Gasteiger partial charge in [0.1, 0.15) is 5.82 Å². The smallest absolute Gasteiger partial charge is 0.229 e. The molecule has 1 aromatic heterocycles. The van der Waals surface area contributed by atoms with Gasteiger partial charge in [0.2, 0.25) is 5.91 Å². The highest BCUT2D eigenvalue weighted by Gasteiger charge is 2.22. The van der Waals surface area contributed by atoms with Crippen molar-refractivity contribution in [3.05, 3.63) is 70.8 Å². The summed E-state index contributed by atoms with van der Waals surface area (Å²) in [5, 5.41) is 2.88. The van der Waals surface area contributed by atoms with Crippen LogP contribution in [0.5, 0.6) is 0 Å². The molecule has 1 aliphatic rings. The van der Waals surface area contributed by atoms with Crippen molar-refractivity contribution in [1.82, 2.24) is 9.97 Å². The molecule has 2 aromatic carbocycles. The van der Waals surface area contributed by atoms with Gasteiger partial charge in [-0.25, -0.2) is 14.4 Å². The third-order valence-electron chi connectivity index (χ3n) is 4.93. The first-order valence-corrected chi connectivity index (χ1v) is 9.36. The molecule has 0 aliphatic heterocycles. The van der Waals surface area contributed by atoms with Gasteiger partial charge in [-0.1, -0.05) is 25.1 Å². The van der Waals surface area contributed by atoms with Gasteiger partial charge >= 0.3 is 0 Å². The zero-order valence-corrected chi connectivity index (χ0v) is 15.6. The Morgan fingerprint density at radius 3 is 2.68 bits per heavy atom. The van der Waals surface area contributed by atoms with Gasteiger partial charge in [-0.05, 0) is 54.7 Å². The lowest BCUT2D eigenvalue weighted by atomic mass is 9.91. The van der Waals surface area contributed by atoms with Gasteiger partial charge in [0.25, 0.3) is 0 Å². The first-order valence-electron chi connectivity index (χ1n) is 9.36. The van der Waals surface area contributed by atoms with Crippen molar-refractivity contribution in [2.75, 3.05) is 11.1 Å². The normalized spacial score (nSPS) is 12.2. The maximum atomic E-state index is 13.0. The van der Waals surface area contributed by atoms with Gasteiger partial charge in [-0.2, -0.15) is 0 Å². The van der Waals surface area contributed by atoms with E-state index in [0.29, 0.717) is 12.2 Å². The Kier molecular flexibility index (Phi) is 4.77. The number of hydrogen-bond donors (Lipinski definition) is 2. The van der Waals surface area contributed by atoms with Gasteiger partial charge in [-0.15, -0.1) is 0 Å². The number of benzene rings is 2. The molecule has 0 saturated heterocycles. The summed E-state index contributed by atoms with van der Waals surface area (Å²) in [6.45, 7) is 1.98. The number of aryl methyl sites for hydroxylation is 3. The van der Waals surface area contributed by atoms with Crippen molar-refractivity contribution < 1.29 is 9.18 Å². The van der Waals surface area contributed by atoms with E-state index >= 15 is 0 Å². The van der Waals surface area contributed by atoms with Crippen LogP contribution in [0.15, 0.2) is 42.5 Å². The number of carbonyl (C=O) groups excluding carboxylic acids is 1. The Morgan fingerprint density at radius 1 is 1.14 bits per heavy atom. The number of nitrogens with one attached hydrogen (secondary N) is 1. The minimum absolute atomic E-state index is 0.157. The second kappa shape index (κ2) is 7.38. The first kappa shape index (κ1) is 18.1. The fourth-order valence-corrected chi connectivity index (χ4v) is 3.51. The van der Waals surface area contributed by atoms with Gasteiger partial charge < -0.3 is 11.1 Å². The number of halogens is 1. The van der Waals surface area contributed by atoms with Crippen LogP contribution in [0.2, 0.25) is 0 Å². The van der Waals surface area contributed by atoms with E-state index in [-0.39, 0.29) is 18.1 Å². The average molecular weight is 376 g/mol. The Hall–Kier alpha value is -3.28. The third-order valence-corrected chi connectivity index (χ3v) is 4.93. The first-order chi connectivity index (χ1) is 13.5. The van der Waals surface area contributed by atoms with Crippen LogP contribution in [-0.2, 0) is 30.5 Å². The van der Waals surface area contributed by atoms with Crippen molar-refractivity contribution in [1.29, 1.82) is 0 Å². The van der Waals surface area contributed by atoms with Gasteiger partial charge in [0.15, 0.2) is 5.82 Å². The van der Waals surface area contributed by atoms with Crippen LogP contribution in [0, 0.1) is 5.82 Å². The number of hydrogen-bond acceptors (Lipinski definition) is 4. The summed E-state index contributed by atoms with van der Waals surface area (Å²) in [6, 6.07) is 11.8. The molecule has 0 radical (unpaired) electrons.